The number of benzene rings is 3. The van der Waals surface area contributed by atoms with Crippen LogP contribution in [0.15, 0.2) is 82.5 Å². The number of rotatable bonds is 5. The summed E-state index contributed by atoms with van der Waals surface area (Å²) in [7, 11) is 3.10. The summed E-state index contributed by atoms with van der Waals surface area (Å²) >= 11 is 0. The van der Waals surface area contributed by atoms with Crippen LogP contribution in [-0.4, -0.2) is 31.9 Å². The molecule has 3 amide bonds. The number of ketones is 1. The lowest BCUT2D eigenvalue weighted by molar-refractivity contribution is 0.0937. The lowest BCUT2D eigenvalue weighted by atomic mass is 10.0. The largest absolute Gasteiger partial charge is 0.497 e. The van der Waals surface area contributed by atoms with E-state index in [4.69, 9.17) is 9.47 Å². The minimum absolute atomic E-state index is 0.260. The zero-order chi connectivity index (χ0) is 25.2. The van der Waals surface area contributed by atoms with E-state index < -0.39 is 18.0 Å². The summed E-state index contributed by atoms with van der Waals surface area (Å²) in [6.07, 6.45) is 0. The highest BCUT2D eigenvalue weighted by Gasteiger charge is 2.42. The number of nitrogens with zero attached hydrogens (tertiary/aromatic N) is 2. The molecule has 0 saturated carbocycles. The smallest absolute Gasteiger partial charge is 0.337 e. The molecule has 0 bridgehead atoms. The van der Waals surface area contributed by atoms with Gasteiger partial charge in [0, 0.05) is 11.1 Å². The number of carbonyl (C=O) groups excluding carboxylic acids is 3. The molecular formula is C26H21N5O5. The average Bonchev–Trinajstić information content (AvgIpc) is 3.47. The van der Waals surface area contributed by atoms with E-state index >= 15 is 0 Å². The summed E-state index contributed by atoms with van der Waals surface area (Å²) < 4.78 is 10.3. The van der Waals surface area contributed by atoms with Gasteiger partial charge in [0.2, 0.25) is 0 Å². The Bertz CT molecular complexity index is 1430. The number of urea groups is 1. The van der Waals surface area contributed by atoms with Gasteiger partial charge < -0.3 is 14.8 Å². The van der Waals surface area contributed by atoms with Crippen LogP contribution >= 0.6 is 0 Å². The van der Waals surface area contributed by atoms with Gasteiger partial charge in [-0.05, 0) is 60.2 Å². The molecule has 10 nitrogen and oxygen atoms in total. The molecule has 0 fully saturated rings. The number of fused-ring (bicyclic) bond motifs is 3. The van der Waals surface area contributed by atoms with E-state index in [9.17, 15) is 14.4 Å². The van der Waals surface area contributed by atoms with E-state index in [1.807, 2.05) is 12.1 Å². The van der Waals surface area contributed by atoms with Gasteiger partial charge >= 0.3 is 6.03 Å². The van der Waals surface area contributed by atoms with Crippen LogP contribution in [0.5, 0.6) is 11.5 Å². The summed E-state index contributed by atoms with van der Waals surface area (Å²) in [5.41, 5.74) is 7.97. The Morgan fingerprint density at radius 2 is 1.53 bits per heavy atom. The van der Waals surface area contributed by atoms with Crippen LogP contribution in [0.1, 0.15) is 37.9 Å². The molecule has 1 aliphatic carbocycles. The number of Topliss-reactive ketones (excluding diaryl/α,β-unsaturated/α-hetero) is 1. The van der Waals surface area contributed by atoms with Crippen molar-refractivity contribution in [3.8, 4) is 11.5 Å². The van der Waals surface area contributed by atoms with Crippen LogP contribution in [0.25, 0.3) is 5.70 Å². The molecule has 36 heavy (non-hydrogen) atoms. The molecule has 0 saturated heterocycles. The number of hydrogen-bond acceptors (Lipinski definition) is 7. The fourth-order valence-electron chi connectivity index (χ4n) is 4.14. The van der Waals surface area contributed by atoms with Gasteiger partial charge in [0.15, 0.2) is 5.78 Å². The Hall–Kier alpha value is -4.99. The summed E-state index contributed by atoms with van der Waals surface area (Å²) in [5.74, 6) is 0.526. The zero-order valence-electron chi connectivity index (χ0n) is 19.4. The molecule has 1 unspecified atom stereocenters. The molecule has 3 N–H and O–H groups in total. The van der Waals surface area contributed by atoms with Crippen molar-refractivity contribution < 1.29 is 23.9 Å². The Balaban J connectivity index is 1.32. The highest BCUT2D eigenvalue weighted by Crippen LogP contribution is 2.49. The zero-order valence-corrected chi connectivity index (χ0v) is 19.4. The Morgan fingerprint density at radius 1 is 0.861 bits per heavy atom. The number of nitrogens with one attached hydrogen (secondary N) is 3. The van der Waals surface area contributed by atoms with Crippen molar-refractivity contribution in [2.45, 2.75) is 6.04 Å². The van der Waals surface area contributed by atoms with E-state index in [1.54, 1.807) is 61.7 Å². The predicted molar refractivity (Wildman–Crippen MR) is 131 cm³/mol. The van der Waals surface area contributed by atoms with Gasteiger partial charge in [-0.1, -0.05) is 12.1 Å². The third-order valence-corrected chi connectivity index (χ3v) is 5.92. The monoisotopic (exact) mass is 483 g/mol. The first-order chi connectivity index (χ1) is 17.5. The molecule has 180 valence electrons. The number of methoxy groups -OCH3 is 2. The van der Waals surface area contributed by atoms with E-state index in [1.165, 1.54) is 7.11 Å². The number of anilines is 1. The predicted octanol–water partition coefficient (Wildman–Crippen LogP) is 4.28. The van der Waals surface area contributed by atoms with Crippen LogP contribution < -0.4 is 25.6 Å². The second kappa shape index (κ2) is 9.34. The summed E-state index contributed by atoms with van der Waals surface area (Å²) in [6, 6.07) is 17.5. The average molecular weight is 483 g/mol. The lowest BCUT2D eigenvalue weighted by Gasteiger charge is -2.12. The number of carbonyl (C=O) groups is 3. The van der Waals surface area contributed by atoms with Crippen molar-refractivity contribution >= 4 is 29.1 Å². The Labute approximate surface area is 206 Å². The number of ether oxygens (including phenoxy) is 2. The van der Waals surface area contributed by atoms with E-state index in [-0.39, 0.29) is 5.78 Å². The maximum Gasteiger partial charge on any atom is 0.337 e. The summed E-state index contributed by atoms with van der Waals surface area (Å²) in [6.45, 7) is 0. The molecule has 1 heterocycles. The van der Waals surface area contributed by atoms with Gasteiger partial charge in [-0.15, -0.1) is 0 Å². The fourth-order valence-corrected chi connectivity index (χ4v) is 4.14. The fraction of sp³-hybridized carbons (Fsp3) is 0.115. The Morgan fingerprint density at radius 3 is 2.19 bits per heavy atom. The first-order valence-corrected chi connectivity index (χ1v) is 11.0. The molecule has 1 atom stereocenters. The van der Waals surface area contributed by atoms with Crippen LogP contribution in [0, 0.1) is 0 Å². The van der Waals surface area contributed by atoms with Crippen LogP contribution in [-0.2, 0) is 0 Å². The van der Waals surface area contributed by atoms with Gasteiger partial charge in [-0.25, -0.2) is 10.2 Å². The van der Waals surface area contributed by atoms with Crippen LogP contribution in [0.2, 0.25) is 0 Å². The number of azo groups is 1. The summed E-state index contributed by atoms with van der Waals surface area (Å²) in [5, 5.41) is 11.2. The van der Waals surface area contributed by atoms with Crippen molar-refractivity contribution in [1.29, 1.82) is 0 Å². The minimum atomic E-state index is -0.707. The molecule has 0 spiro atoms. The van der Waals surface area contributed by atoms with Crippen molar-refractivity contribution in [2.75, 3.05) is 19.5 Å². The number of amides is 3. The van der Waals surface area contributed by atoms with Crippen molar-refractivity contribution in [1.82, 2.24) is 10.9 Å². The molecule has 3 aromatic carbocycles. The third kappa shape index (κ3) is 4.05. The van der Waals surface area contributed by atoms with Gasteiger partial charge in [0.1, 0.15) is 23.2 Å². The standard InChI is InChI=1S/C26H21N5O5/c1-35-16-10-6-14(7-11-16)22-21-23(29-28-22)18-4-3-5-19(20(18)24(21)32)27-26(34)31-30-25(33)15-8-12-17(36-2)13-9-15/h3-13,23H,1-2H3,(H,30,33)(H2,27,31,34). The molecule has 2 aliphatic rings. The number of hydrazine groups is 1. The van der Waals surface area contributed by atoms with Gasteiger partial charge in [-0.3, -0.25) is 15.0 Å². The van der Waals surface area contributed by atoms with Gasteiger partial charge in [-0.2, -0.15) is 10.2 Å². The van der Waals surface area contributed by atoms with Crippen LogP contribution in [0.4, 0.5) is 10.5 Å². The van der Waals surface area contributed by atoms with Crippen molar-refractivity contribution in [3.05, 3.63) is 94.6 Å². The minimum Gasteiger partial charge on any atom is -0.497 e. The maximum absolute atomic E-state index is 13.4. The summed E-state index contributed by atoms with van der Waals surface area (Å²) in [4.78, 5) is 38.2. The van der Waals surface area contributed by atoms with Gasteiger partial charge in [0.25, 0.3) is 5.91 Å². The van der Waals surface area contributed by atoms with E-state index in [0.717, 1.165) is 5.56 Å². The maximum atomic E-state index is 13.4. The lowest BCUT2D eigenvalue weighted by Crippen LogP contribution is -2.44. The molecule has 0 radical (unpaired) electrons. The molecule has 1 aliphatic heterocycles. The molecule has 10 heteroatoms. The Kier molecular flexibility index (Phi) is 5.91. The first kappa shape index (κ1) is 22.8. The second-order valence-corrected chi connectivity index (χ2v) is 7.97. The van der Waals surface area contributed by atoms with E-state index in [0.29, 0.717) is 45.1 Å². The quantitative estimate of drug-likeness (QED) is 0.466. The molecule has 3 aromatic rings. The third-order valence-electron chi connectivity index (χ3n) is 5.92. The van der Waals surface area contributed by atoms with Crippen molar-refractivity contribution in [2.24, 2.45) is 10.2 Å². The highest BCUT2D eigenvalue weighted by molar-refractivity contribution is 6.22. The van der Waals surface area contributed by atoms with E-state index in [2.05, 4.69) is 26.4 Å². The highest BCUT2D eigenvalue weighted by atomic mass is 16.5. The van der Waals surface area contributed by atoms with Crippen molar-refractivity contribution in [3.63, 3.8) is 0 Å². The van der Waals surface area contributed by atoms with Crippen LogP contribution in [0.3, 0.4) is 0 Å². The molecule has 5 rings (SSSR count). The SMILES string of the molecule is COc1ccc(C(=O)NNC(=O)Nc2cccc3c2C(=O)C2=C(c4ccc(OC)cc4)N=NC23)cc1. The first-order valence-electron chi connectivity index (χ1n) is 11.0. The molecule has 0 aromatic heterocycles. The van der Waals surface area contributed by atoms with Gasteiger partial charge in [0.05, 0.1) is 31.0 Å². The molecular weight excluding hydrogens is 462 g/mol. The number of hydrogen-bond donors (Lipinski definition) is 3. The topological polar surface area (TPSA) is 130 Å². The normalized spacial score (nSPS) is 15.3. The second-order valence-electron chi connectivity index (χ2n) is 7.97.